The third-order valence-electron chi connectivity index (χ3n) is 14.8. The summed E-state index contributed by atoms with van der Waals surface area (Å²) >= 11 is 0. The first-order chi connectivity index (χ1) is 33.7. The van der Waals surface area contributed by atoms with Crippen molar-refractivity contribution in [1.29, 1.82) is 0 Å². The first-order valence-corrected chi connectivity index (χ1v) is 23.6. The van der Waals surface area contributed by atoms with Gasteiger partial charge < -0.3 is 0 Å². The van der Waals surface area contributed by atoms with E-state index in [0.717, 1.165) is 28.1 Å². The zero-order valence-corrected chi connectivity index (χ0v) is 37.0. The summed E-state index contributed by atoms with van der Waals surface area (Å²) in [4.78, 5) is 5.26. The lowest BCUT2D eigenvalue weighted by molar-refractivity contribution is 1.32. The number of hydrogen-bond donors (Lipinski definition) is 0. The van der Waals surface area contributed by atoms with Crippen LogP contribution in [-0.4, -0.2) is 4.98 Å². The first-order valence-electron chi connectivity index (χ1n) is 23.6. The van der Waals surface area contributed by atoms with Gasteiger partial charge in [0.2, 0.25) is 0 Å². The Balaban J connectivity index is 1.10. The summed E-state index contributed by atoms with van der Waals surface area (Å²) in [5, 5.41) is 17.7. The van der Waals surface area contributed by atoms with Crippen LogP contribution in [0.15, 0.2) is 237 Å². The zero-order chi connectivity index (χ0) is 44.5. The van der Waals surface area contributed by atoms with Gasteiger partial charge in [0.15, 0.2) is 0 Å². The van der Waals surface area contributed by atoms with Gasteiger partial charge in [-0.1, -0.05) is 194 Å². The molecule has 312 valence electrons. The molecule has 0 bridgehead atoms. The van der Waals surface area contributed by atoms with E-state index >= 15 is 0 Å². The van der Waals surface area contributed by atoms with Crippen LogP contribution in [0.4, 0.5) is 0 Å². The molecule has 14 aromatic rings. The number of rotatable bonds is 5. The van der Waals surface area contributed by atoms with Gasteiger partial charge in [-0.05, 0) is 174 Å². The highest BCUT2D eigenvalue weighted by atomic mass is 14.7. The second kappa shape index (κ2) is 14.3. The van der Waals surface area contributed by atoms with Crippen molar-refractivity contribution in [3.63, 3.8) is 0 Å². The van der Waals surface area contributed by atoms with Gasteiger partial charge in [0.25, 0.3) is 0 Å². The van der Waals surface area contributed by atoms with Crippen LogP contribution in [-0.2, 0) is 0 Å². The molecule has 1 nitrogen and oxygen atoms in total. The lowest BCUT2D eigenvalue weighted by Gasteiger charge is -2.23. The van der Waals surface area contributed by atoms with Crippen LogP contribution >= 0.6 is 0 Å². The predicted molar refractivity (Wildman–Crippen MR) is 290 cm³/mol. The number of benzene rings is 13. The number of fused-ring (bicyclic) bond motifs is 7. The fourth-order valence-electron chi connectivity index (χ4n) is 11.9. The summed E-state index contributed by atoms with van der Waals surface area (Å²) in [5.41, 5.74) is 16.8. The maximum absolute atomic E-state index is 5.26. The second-order valence-corrected chi connectivity index (χ2v) is 18.5. The number of nitrogens with zero attached hydrogens (tertiary/aromatic N) is 1. The highest BCUT2D eigenvalue weighted by molar-refractivity contribution is 6.37. The average Bonchev–Trinajstić information content (AvgIpc) is 3.73. The van der Waals surface area contributed by atoms with Gasteiger partial charge in [-0.2, -0.15) is 0 Å². The highest BCUT2D eigenvalue weighted by Gasteiger charge is 2.33. The maximum Gasteiger partial charge on any atom is 0.0715 e. The summed E-state index contributed by atoms with van der Waals surface area (Å²) in [6.45, 7) is 0. The Morgan fingerprint density at radius 1 is 0.206 bits per heavy atom. The molecule has 13 aromatic carbocycles. The largest absolute Gasteiger partial charge is 0.248 e. The molecule has 0 atom stereocenters. The molecule has 0 unspecified atom stereocenters. The fourth-order valence-corrected chi connectivity index (χ4v) is 11.9. The molecular weight excluding hydrogens is 819 g/mol. The van der Waals surface area contributed by atoms with Gasteiger partial charge in [-0.15, -0.1) is 0 Å². The molecule has 0 radical (unpaired) electrons. The molecule has 0 spiro atoms. The van der Waals surface area contributed by atoms with E-state index in [1.54, 1.807) is 0 Å². The zero-order valence-electron chi connectivity index (χ0n) is 37.0. The van der Waals surface area contributed by atoms with Crippen LogP contribution in [0.25, 0.3) is 154 Å². The van der Waals surface area contributed by atoms with Crippen LogP contribution in [0.3, 0.4) is 0 Å². The van der Waals surface area contributed by atoms with E-state index < -0.39 is 0 Å². The third kappa shape index (κ3) is 5.42. The van der Waals surface area contributed by atoms with Crippen LogP contribution in [0.1, 0.15) is 0 Å². The molecule has 68 heavy (non-hydrogen) atoms. The van der Waals surface area contributed by atoms with Crippen LogP contribution in [0, 0.1) is 0 Å². The summed E-state index contributed by atoms with van der Waals surface area (Å²) in [6, 6.07) is 87.9. The molecule has 0 aliphatic heterocycles. The van der Waals surface area contributed by atoms with Crippen molar-refractivity contribution in [2.75, 3.05) is 0 Å². The molecule has 0 saturated carbocycles. The molecule has 1 heteroatoms. The number of hydrogen-bond acceptors (Lipinski definition) is 1. The van der Waals surface area contributed by atoms with Crippen molar-refractivity contribution in [1.82, 2.24) is 4.98 Å². The Morgan fingerprint density at radius 3 is 1.28 bits per heavy atom. The Morgan fingerprint density at radius 2 is 0.676 bits per heavy atom. The first kappa shape index (κ1) is 37.3. The van der Waals surface area contributed by atoms with E-state index in [1.807, 2.05) is 0 Å². The minimum Gasteiger partial charge on any atom is -0.248 e. The molecule has 0 N–H and O–H groups in total. The van der Waals surface area contributed by atoms with E-state index in [0.29, 0.717) is 0 Å². The van der Waals surface area contributed by atoms with E-state index in [9.17, 15) is 0 Å². The number of pyridine rings is 1. The molecule has 1 aromatic heterocycles. The Kier molecular flexibility index (Phi) is 7.85. The second-order valence-electron chi connectivity index (χ2n) is 18.5. The predicted octanol–water partition coefficient (Wildman–Crippen LogP) is 18.6. The van der Waals surface area contributed by atoms with Crippen molar-refractivity contribution < 1.29 is 0 Å². The highest BCUT2D eigenvalue weighted by Crippen LogP contribution is 2.61. The molecule has 0 saturated heterocycles. The molecule has 15 rings (SSSR count). The van der Waals surface area contributed by atoms with Crippen molar-refractivity contribution in [2.45, 2.75) is 0 Å². The summed E-state index contributed by atoms with van der Waals surface area (Å²) < 4.78 is 0. The van der Waals surface area contributed by atoms with Gasteiger partial charge in [-0.3, -0.25) is 0 Å². The van der Waals surface area contributed by atoms with E-state index in [1.165, 1.54) is 125 Å². The van der Waals surface area contributed by atoms with Crippen LogP contribution in [0.5, 0.6) is 0 Å². The quantitative estimate of drug-likeness (QED) is 0.124. The van der Waals surface area contributed by atoms with Gasteiger partial charge in [-0.25, -0.2) is 4.98 Å². The van der Waals surface area contributed by atoms with E-state index in [4.69, 9.17) is 4.98 Å². The maximum atomic E-state index is 5.26. The lowest BCUT2D eigenvalue weighted by atomic mass is 9.80. The van der Waals surface area contributed by atoms with E-state index in [2.05, 4.69) is 237 Å². The van der Waals surface area contributed by atoms with Crippen molar-refractivity contribution >= 4 is 75.4 Å². The molecule has 1 aliphatic rings. The van der Waals surface area contributed by atoms with Crippen LogP contribution in [0.2, 0.25) is 0 Å². The third-order valence-corrected chi connectivity index (χ3v) is 14.8. The van der Waals surface area contributed by atoms with Gasteiger partial charge >= 0.3 is 0 Å². The van der Waals surface area contributed by atoms with Gasteiger partial charge in [0, 0.05) is 11.1 Å². The van der Waals surface area contributed by atoms with Gasteiger partial charge in [0.05, 0.1) is 11.4 Å². The van der Waals surface area contributed by atoms with Crippen molar-refractivity contribution in [3.05, 3.63) is 237 Å². The molecule has 0 amide bonds. The summed E-state index contributed by atoms with van der Waals surface area (Å²) in [7, 11) is 0. The monoisotopic (exact) mass is 857 g/mol. The molecule has 1 heterocycles. The Bertz CT molecular complexity index is 4340. The standard InChI is InChI=1S/C67H39N/c1-3-17-42(18-4-1)59-38-49(39-60(68-59)43-19-5-2-6-20-43)48-33-47-30-29-44-31-32-55-65-58(37-50(34-48)61(47)62(44)65)67-64(54-28-14-24-41-16-10-12-26-52(41)54)57-36-46-22-8-7-21-45(46)35-56(57)63(66(55)67)53-27-13-23-40-15-9-11-25-51(40)53/h1-39H. The molecule has 0 fully saturated rings. The van der Waals surface area contributed by atoms with E-state index in [-0.39, 0.29) is 0 Å². The topological polar surface area (TPSA) is 12.9 Å². The minimum absolute atomic E-state index is 0.962. The summed E-state index contributed by atoms with van der Waals surface area (Å²) in [5.74, 6) is 0. The van der Waals surface area contributed by atoms with Crippen LogP contribution < -0.4 is 0 Å². The minimum atomic E-state index is 0.962. The average molecular weight is 858 g/mol. The van der Waals surface area contributed by atoms with Crippen molar-refractivity contribution in [2.24, 2.45) is 0 Å². The molecular formula is C67H39N. The Labute approximate surface area is 393 Å². The SMILES string of the molecule is c1ccc(-c2cc(-c3cc4ccc5ccc6c7c(cc(c3)c4c57)-c3c-6c(-c4cccc5ccccc45)c4cc5ccccc5cc4c3-c3cccc4ccccc34)cc(-c3ccccc3)n2)cc1. The normalized spacial score (nSPS) is 12.1. The summed E-state index contributed by atoms with van der Waals surface area (Å²) in [6.07, 6.45) is 0. The van der Waals surface area contributed by atoms with Crippen molar-refractivity contribution in [3.8, 4) is 78.1 Å². The Hall–Kier alpha value is -8.91. The lowest BCUT2D eigenvalue weighted by Crippen LogP contribution is -1.95. The van der Waals surface area contributed by atoms with Gasteiger partial charge in [0.1, 0.15) is 0 Å². The number of aromatic nitrogens is 1. The smallest absolute Gasteiger partial charge is 0.0715 e. The fraction of sp³-hybridized carbons (Fsp3) is 0. The molecule has 1 aliphatic carbocycles.